The fraction of sp³-hybridized carbons (Fsp3) is 0.143. The van der Waals surface area contributed by atoms with Crippen molar-refractivity contribution in [3.63, 3.8) is 0 Å². The Kier molecular flexibility index (Phi) is 5.73. The maximum Gasteiger partial charge on any atom is 0.0998 e. The number of thiophene rings is 1. The second-order valence-electron chi connectivity index (χ2n) is 13.0. The largest absolute Gasteiger partial charge is 0.309 e. The van der Waals surface area contributed by atoms with Gasteiger partial charge >= 0.3 is 0 Å². The van der Waals surface area contributed by atoms with Gasteiger partial charge in [0.25, 0.3) is 0 Å². The zero-order chi connectivity index (χ0) is 31.2. The SMILES string of the molecule is CC1(C)C2=Cc3sc4cccc(-c5c(C#N)cccc5-n5c6c(c7ccccc75)CC=C(C#N)C=C6)c4c3CC2c2ccccc21. The van der Waals surface area contributed by atoms with E-state index in [0.29, 0.717) is 23.5 Å². The number of nitrogens with zero attached hydrogens (tertiary/aromatic N) is 3. The first-order valence-electron chi connectivity index (χ1n) is 15.8. The van der Waals surface area contributed by atoms with Crippen molar-refractivity contribution in [1.82, 2.24) is 4.57 Å². The van der Waals surface area contributed by atoms with Crippen LogP contribution in [0.4, 0.5) is 0 Å². The highest BCUT2D eigenvalue weighted by Crippen LogP contribution is 2.56. The molecule has 0 amide bonds. The summed E-state index contributed by atoms with van der Waals surface area (Å²) in [6.07, 6.45) is 10.1. The van der Waals surface area contributed by atoms with Gasteiger partial charge in [-0.1, -0.05) is 86.2 Å². The monoisotopic (exact) mass is 607 g/mol. The van der Waals surface area contributed by atoms with Crippen molar-refractivity contribution in [3.8, 4) is 29.0 Å². The number of rotatable bonds is 2. The van der Waals surface area contributed by atoms with Gasteiger partial charge in [-0.3, -0.25) is 0 Å². The number of para-hydroxylation sites is 1. The molecule has 3 aliphatic carbocycles. The number of fused-ring (bicyclic) bond motifs is 9. The Morgan fingerprint density at radius 2 is 1.67 bits per heavy atom. The summed E-state index contributed by atoms with van der Waals surface area (Å²) in [6, 6.07) is 35.0. The topological polar surface area (TPSA) is 52.5 Å². The molecule has 2 aromatic heterocycles. The van der Waals surface area contributed by atoms with Gasteiger partial charge in [-0.25, -0.2) is 0 Å². The van der Waals surface area contributed by atoms with Gasteiger partial charge in [-0.2, -0.15) is 10.5 Å². The molecule has 46 heavy (non-hydrogen) atoms. The van der Waals surface area contributed by atoms with Gasteiger partial charge in [0.15, 0.2) is 0 Å². The molecule has 9 rings (SSSR count). The van der Waals surface area contributed by atoms with E-state index in [1.54, 1.807) is 0 Å². The van der Waals surface area contributed by atoms with E-state index >= 15 is 0 Å². The van der Waals surface area contributed by atoms with Gasteiger partial charge in [-0.05, 0) is 83.2 Å². The van der Waals surface area contributed by atoms with Crippen LogP contribution in [0.3, 0.4) is 0 Å². The van der Waals surface area contributed by atoms with E-state index in [4.69, 9.17) is 0 Å². The van der Waals surface area contributed by atoms with Crippen LogP contribution in [0.2, 0.25) is 0 Å². The van der Waals surface area contributed by atoms with Crippen molar-refractivity contribution in [3.05, 3.63) is 147 Å². The summed E-state index contributed by atoms with van der Waals surface area (Å²) >= 11 is 1.87. The zero-order valence-corrected chi connectivity index (χ0v) is 26.5. The van der Waals surface area contributed by atoms with Crippen LogP contribution in [0, 0.1) is 22.7 Å². The highest BCUT2D eigenvalue weighted by molar-refractivity contribution is 7.20. The molecule has 0 bridgehead atoms. The average molecular weight is 608 g/mol. The molecule has 0 saturated carbocycles. The Labute approximate surface area is 272 Å². The quantitative estimate of drug-likeness (QED) is 0.197. The zero-order valence-electron chi connectivity index (χ0n) is 25.6. The minimum atomic E-state index is -0.000393. The number of benzene rings is 4. The molecule has 1 unspecified atom stereocenters. The van der Waals surface area contributed by atoms with Gasteiger partial charge in [0.2, 0.25) is 0 Å². The number of allylic oxidation sites excluding steroid dienone is 4. The molecule has 1 atom stereocenters. The van der Waals surface area contributed by atoms with Crippen molar-refractivity contribution in [2.75, 3.05) is 0 Å². The summed E-state index contributed by atoms with van der Waals surface area (Å²) in [5, 5.41) is 22.7. The molecular weight excluding hydrogens is 579 g/mol. The molecule has 0 saturated heterocycles. The molecule has 0 fully saturated rings. The number of aromatic nitrogens is 1. The lowest BCUT2D eigenvalue weighted by Gasteiger charge is -2.27. The van der Waals surface area contributed by atoms with Crippen molar-refractivity contribution < 1.29 is 0 Å². The Morgan fingerprint density at radius 3 is 2.54 bits per heavy atom. The predicted molar refractivity (Wildman–Crippen MR) is 189 cm³/mol. The van der Waals surface area contributed by atoms with Crippen molar-refractivity contribution >= 4 is 44.5 Å². The van der Waals surface area contributed by atoms with Crippen molar-refractivity contribution in [1.29, 1.82) is 10.5 Å². The smallest absolute Gasteiger partial charge is 0.0998 e. The van der Waals surface area contributed by atoms with Crippen LogP contribution >= 0.6 is 11.3 Å². The van der Waals surface area contributed by atoms with Crippen LogP contribution in [-0.4, -0.2) is 4.57 Å². The Morgan fingerprint density at radius 1 is 0.848 bits per heavy atom. The second kappa shape index (κ2) is 9.79. The van der Waals surface area contributed by atoms with E-state index in [2.05, 4.69) is 116 Å². The second-order valence-corrected chi connectivity index (χ2v) is 14.1. The van der Waals surface area contributed by atoms with Gasteiger partial charge in [0.1, 0.15) is 0 Å². The highest BCUT2D eigenvalue weighted by Gasteiger charge is 2.43. The van der Waals surface area contributed by atoms with E-state index in [-0.39, 0.29) is 5.41 Å². The van der Waals surface area contributed by atoms with E-state index in [1.807, 2.05) is 35.6 Å². The predicted octanol–water partition coefficient (Wildman–Crippen LogP) is 10.4. The minimum Gasteiger partial charge on any atom is -0.309 e. The first-order valence-corrected chi connectivity index (χ1v) is 16.6. The molecule has 2 heterocycles. The lowest BCUT2D eigenvalue weighted by Crippen LogP contribution is -2.18. The Bertz CT molecular complexity index is 2480. The van der Waals surface area contributed by atoms with E-state index < -0.39 is 0 Å². The molecule has 4 heteroatoms. The normalized spacial score (nSPS) is 17.3. The fourth-order valence-corrected chi connectivity index (χ4v) is 9.56. The van der Waals surface area contributed by atoms with Crippen LogP contribution in [-0.2, 0) is 18.3 Å². The lowest BCUT2D eigenvalue weighted by atomic mass is 9.76. The summed E-state index contributed by atoms with van der Waals surface area (Å²) < 4.78 is 3.56. The Hall–Kier alpha value is -5.42. The average Bonchev–Trinajstić information content (AvgIpc) is 3.61. The van der Waals surface area contributed by atoms with Gasteiger partial charge in [0.05, 0.1) is 34.6 Å². The summed E-state index contributed by atoms with van der Waals surface area (Å²) in [5.74, 6) is 0.353. The Balaban J connectivity index is 1.32. The minimum absolute atomic E-state index is 0.000393. The summed E-state index contributed by atoms with van der Waals surface area (Å²) in [4.78, 5) is 1.34. The standard InChI is InChI=1S/C42H29N3S/c1-42(2)33-13-5-3-10-27(33)31-21-32-39(22-34(31)42)46-38-16-8-12-30(41(32)38)40-26(24-44)9-7-15-37(40)45-35-14-6-4-11-28(35)29-19-17-25(23-43)18-20-36(29)45/h3-18,20,22,31H,19,21H2,1-2H3. The first kappa shape index (κ1) is 26.9. The molecule has 0 radical (unpaired) electrons. The third kappa shape index (κ3) is 3.63. The van der Waals surface area contributed by atoms with Gasteiger partial charge in [-0.15, -0.1) is 11.3 Å². The molecule has 0 N–H and O–H groups in total. The lowest BCUT2D eigenvalue weighted by molar-refractivity contribution is 0.615. The fourth-order valence-electron chi connectivity index (χ4n) is 8.34. The molecule has 0 spiro atoms. The number of hydrogen-bond donors (Lipinski definition) is 0. The molecule has 4 aromatic carbocycles. The van der Waals surface area contributed by atoms with E-state index in [9.17, 15) is 10.5 Å². The maximum absolute atomic E-state index is 10.6. The third-order valence-electron chi connectivity index (χ3n) is 10.4. The van der Waals surface area contributed by atoms with Crippen LogP contribution in [0.25, 0.3) is 50.0 Å². The van der Waals surface area contributed by atoms with Gasteiger partial charge in [0, 0.05) is 42.8 Å². The first-order chi connectivity index (χ1) is 22.5. The van der Waals surface area contributed by atoms with Crippen molar-refractivity contribution in [2.24, 2.45) is 0 Å². The molecule has 6 aromatic rings. The van der Waals surface area contributed by atoms with Gasteiger partial charge < -0.3 is 4.57 Å². The van der Waals surface area contributed by atoms with E-state index in [0.717, 1.165) is 39.8 Å². The molecule has 218 valence electrons. The van der Waals surface area contributed by atoms with Crippen molar-refractivity contribution in [2.45, 2.75) is 38.0 Å². The summed E-state index contributed by atoms with van der Waals surface area (Å²) in [5.41, 5.74) is 13.5. The molecular formula is C42H29N3S. The molecule has 0 aliphatic heterocycles. The van der Waals surface area contributed by atoms with Crippen LogP contribution in [0.1, 0.15) is 58.2 Å². The van der Waals surface area contributed by atoms with Crippen LogP contribution in [0.15, 0.2) is 108 Å². The molecule has 3 nitrogen and oxygen atoms in total. The van der Waals surface area contributed by atoms with Crippen LogP contribution < -0.4 is 0 Å². The summed E-state index contributed by atoms with van der Waals surface area (Å²) in [7, 11) is 0. The molecule has 3 aliphatic rings. The summed E-state index contributed by atoms with van der Waals surface area (Å²) in [6.45, 7) is 4.73. The van der Waals surface area contributed by atoms with E-state index in [1.165, 1.54) is 42.8 Å². The third-order valence-corrected chi connectivity index (χ3v) is 11.6. The number of nitriles is 2. The number of hydrogen-bond acceptors (Lipinski definition) is 3. The maximum atomic E-state index is 10.6. The van der Waals surface area contributed by atoms with Crippen LogP contribution in [0.5, 0.6) is 0 Å². The highest BCUT2D eigenvalue weighted by atomic mass is 32.1.